The lowest BCUT2D eigenvalue weighted by atomic mass is 10.1. The van der Waals surface area contributed by atoms with Gasteiger partial charge in [-0.25, -0.2) is 4.79 Å². The molecule has 1 atom stereocenters. The molecule has 7 heteroatoms. The average molecular weight is 341 g/mol. The third kappa shape index (κ3) is 3.81. The van der Waals surface area contributed by atoms with Gasteiger partial charge in [0.1, 0.15) is 0 Å². The molecule has 1 aromatic heterocycles. The monoisotopic (exact) mass is 341 g/mol. The molecule has 3 N–H and O–H groups in total. The number of carbonyl (C=O) groups is 2. The molecular weight excluding hydrogens is 318 g/mol. The van der Waals surface area contributed by atoms with E-state index >= 15 is 0 Å². The minimum Gasteiger partial charge on any atom is -0.349 e. The first-order valence-corrected chi connectivity index (χ1v) is 8.42. The van der Waals surface area contributed by atoms with Crippen molar-refractivity contribution in [3.63, 3.8) is 0 Å². The van der Waals surface area contributed by atoms with Gasteiger partial charge in [0, 0.05) is 42.5 Å². The van der Waals surface area contributed by atoms with E-state index in [0.29, 0.717) is 25.1 Å². The van der Waals surface area contributed by atoms with E-state index < -0.39 is 0 Å². The van der Waals surface area contributed by atoms with Crippen molar-refractivity contribution in [2.45, 2.75) is 33.2 Å². The van der Waals surface area contributed by atoms with Gasteiger partial charge in [0.15, 0.2) is 0 Å². The highest BCUT2D eigenvalue weighted by Gasteiger charge is 2.23. The number of hydrogen-bond donors (Lipinski definition) is 3. The zero-order valence-corrected chi connectivity index (χ0v) is 14.7. The van der Waals surface area contributed by atoms with Crippen molar-refractivity contribution >= 4 is 17.6 Å². The normalized spacial score (nSPS) is 15.2. The maximum absolute atomic E-state index is 12.6. The van der Waals surface area contributed by atoms with Gasteiger partial charge < -0.3 is 10.6 Å². The number of carbonyl (C=O) groups excluding carboxylic acids is 2. The third-order valence-electron chi connectivity index (χ3n) is 4.27. The number of aromatic amines is 1. The number of anilines is 1. The van der Waals surface area contributed by atoms with Gasteiger partial charge in [-0.15, -0.1) is 0 Å². The molecule has 1 fully saturated rings. The summed E-state index contributed by atoms with van der Waals surface area (Å²) in [5, 5.41) is 12.9. The van der Waals surface area contributed by atoms with Crippen molar-refractivity contribution in [1.29, 1.82) is 0 Å². The Morgan fingerprint density at radius 2 is 2.16 bits per heavy atom. The van der Waals surface area contributed by atoms with Crippen molar-refractivity contribution in [2.75, 3.05) is 18.0 Å². The number of nitrogens with zero attached hydrogens (tertiary/aromatic N) is 2. The van der Waals surface area contributed by atoms with Crippen LogP contribution in [0.25, 0.3) is 0 Å². The van der Waals surface area contributed by atoms with Gasteiger partial charge in [0.2, 0.25) is 0 Å². The second-order valence-corrected chi connectivity index (χ2v) is 6.51. The molecule has 1 aliphatic rings. The van der Waals surface area contributed by atoms with Crippen LogP contribution < -0.4 is 15.5 Å². The number of benzene rings is 1. The van der Waals surface area contributed by atoms with E-state index in [0.717, 1.165) is 22.6 Å². The molecule has 3 amide bonds. The Morgan fingerprint density at radius 1 is 1.36 bits per heavy atom. The lowest BCUT2D eigenvalue weighted by Crippen LogP contribution is -2.34. The Hall–Kier alpha value is -2.83. The first-order chi connectivity index (χ1) is 11.9. The number of aromatic nitrogens is 2. The molecule has 0 radical (unpaired) electrons. The summed E-state index contributed by atoms with van der Waals surface area (Å²) in [5.74, 6) is -0.152. The predicted molar refractivity (Wildman–Crippen MR) is 95.9 cm³/mol. The fourth-order valence-corrected chi connectivity index (χ4v) is 2.99. The second-order valence-electron chi connectivity index (χ2n) is 6.51. The molecule has 0 spiro atoms. The van der Waals surface area contributed by atoms with Crippen LogP contribution in [0.4, 0.5) is 10.5 Å². The van der Waals surface area contributed by atoms with Crippen LogP contribution in [-0.2, 0) is 6.42 Å². The largest absolute Gasteiger partial charge is 0.349 e. The van der Waals surface area contributed by atoms with Gasteiger partial charge in [-0.05, 0) is 44.5 Å². The summed E-state index contributed by atoms with van der Waals surface area (Å²) in [7, 11) is 0. The van der Waals surface area contributed by atoms with Crippen LogP contribution in [0.3, 0.4) is 0 Å². The molecule has 7 nitrogen and oxygen atoms in total. The number of urea groups is 1. The van der Waals surface area contributed by atoms with Gasteiger partial charge in [0.25, 0.3) is 5.91 Å². The fraction of sp³-hybridized carbons (Fsp3) is 0.389. The zero-order chi connectivity index (χ0) is 18.0. The van der Waals surface area contributed by atoms with E-state index in [4.69, 9.17) is 0 Å². The lowest BCUT2D eigenvalue weighted by molar-refractivity contribution is 0.0940. The van der Waals surface area contributed by atoms with E-state index in [9.17, 15) is 9.59 Å². The van der Waals surface area contributed by atoms with E-state index in [-0.39, 0.29) is 18.0 Å². The maximum atomic E-state index is 12.6. The summed E-state index contributed by atoms with van der Waals surface area (Å²) < 4.78 is 0. The van der Waals surface area contributed by atoms with Gasteiger partial charge in [-0.1, -0.05) is 6.07 Å². The van der Waals surface area contributed by atoms with Gasteiger partial charge in [0.05, 0.1) is 5.69 Å². The smallest absolute Gasteiger partial charge is 0.322 e. The minimum absolute atomic E-state index is 0.0463. The molecule has 25 heavy (non-hydrogen) atoms. The second kappa shape index (κ2) is 6.96. The molecule has 3 rings (SSSR count). The van der Waals surface area contributed by atoms with Crippen LogP contribution in [-0.4, -0.2) is 41.3 Å². The van der Waals surface area contributed by atoms with E-state index in [1.54, 1.807) is 17.0 Å². The quantitative estimate of drug-likeness (QED) is 0.776. The van der Waals surface area contributed by atoms with Gasteiger partial charge >= 0.3 is 6.03 Å². The molecule has 132 valence electrons. The van der Waals surface area contributed by atoms with Crippen molar-refractivity contribution in [1.82, 2.24) is 20.8 Å². The standard InChI is InChI=1S/C18H23N5O2/c1-11-4-5-14(10-16(11)23-7-6-19-18(23)25)17(24)20-12(2)8-15-9-13(3)21-22-15/h4-5,9-10,12H,6-8H2,1-3H3,(H,19,25)(H,20,24)(H,21,22)/t12-/m0/s1. The molecule has 1 aliphatic heterocycles. The number of H-pyrrole nitrogens is 1. The molecule has 0 saturated carbocycles. The summed E-state index contributed by atoms with van der Waals surface area (Å²) in [5.41, 5.74) is 4.21. The van der Waals surface area contributed by atoms with Gasteiger partial charge in [-0.2, -0.15) is 5.10 Å². The zero-order valence-electron chi connectivity index (χ0n) is 14.7. The molecule has 0 unspecified atom stereocenters. The van der Waals surface area contributed by atoms with Gasteiger partial charge in [-0.3, -0.25) is 14.8 Å². The van der Waals surface area contributed by atoms with Crippen LogP contribution in [0, 0.1) is 13.8 Å². The lowest BCUT2D eigenvalue weighted by Gasteiger charge is -2.19. The predicted octanol–water partition coefficient (Wildman–Crippen LogP) is 1.92. The highest BCUT2D eigenvalue weighted by atomic mass is 16.2. The molecule has 1 aromatic carbocycles. The van der Waals surface area contributed by atoms with Crippen molar-refractivity contribution in [3.8, 4) is 0 Å². The first kappa shape index (κ1) is 17.0. The molecule has 2 aromatic rings. The minimum atomic E-state index is -0.152. The third-order valence-corrected chi connectivity index (χ3v) is 4.27. The van der Waals surface area contributed by atoms with E-state index in [1.165, 1.54) is 0 Å². The number of hydrogen-bond acceptors (Lipinski definition) is 3. The van der Waals surface area contributed by atoms with Crippen molar-refractivity contribution in [2.24, 2.45) is 0 Å². The summed E-state index contributed by atoms with van der Waals surface area (Å²) in [6.45, 7) is 7.06. The van der Waals surface area contributed by atoms with Crippen LogP contribution in [0.15, 0.2) is 24.3 Å². The van der Waals surface area contributed by atoms with Crippen molar-refractivity contribution < 1.29 is 9.59 Å². The highest BCUT2D eigenvalue weighted by molar-refractivity contribution is 5.99. The molecule has 2 heterocycles. The molecule has 1 saturated heterocycles. The summed E-state index contributed by atoms with van der Waals surface area (Å²) in [4.78, 5) is 26.1. The maximum Gasteiger partial charge on any atom is 0.322 e. The summed E-state index contributed by atoms with van der Waals surface area (Å²) in [6.07, 6.45) is 0.656. The Labute approximate surface area is 146 Å². The molecule has 0 bridgehead atoms. The highest BCUT2D eigenvalue weighted by Crippen LogP contribution is 2.23. The van der Waals surface area contributed by atoms with Crippen molar-refractivity contribution in [3.05, 3.63) is 46.8 Å². The van der Waals surface area contributed by atoms with Crippen LogP contribution in [0.2, 0.25) is 0 Å². The van der Waals surface area contributed by atoms with E-state index in [2.05, 4.69) is 20.8 Å². The average Bonchev–Trinajstić information content (AvgIpc) is 3.16. The summed E-state index contributed by atoms with van der Waals surface area (Å²) in [6, 6.07) is 7.24. The topological polar surface area (TPSA) is 90.1 Å². The van der Waals surface area contributed by atoms with Crippen LogP contribution in [0.1, 0.15) is 34.2 Å². The fourth-order valence-electron chi connectivity index (χ4n) is 2.99. The number of amides is 3. The van der Waals surface area contributed by atoms with Crippen LogP contribution >= 0.6 is 0 Å². The number of rotatable bonds is 5. The Kier molecular flexibility index (Phi) is 4.74. The SMILES string of the molecule is Cc1cc(C[C@H](C)NC(=O)c2ccc(C)c(N3CCNC3=O)c2)n[nH]1. The molecule has 0 aliphatic carbocycles. The molecular formula is C18H23N5O2. The van der Waals surface area contributed by atoms with Crippen LogP contribution in [0.5, 0.6) is 0 Å². The Morgan fingerprint density at radius 3 is 2.80 bits per heavy atom. The van der Waals surface area contributed by atoms with E-state index in [1.807, 2.05) is 32.9 Å². The number of aryl methyl sites for hydroxylation is 2. The summed E-state index contributed by atoms with van der Waals surface area (Å²) >= 11 is 0. The number of nitrogens with one attached hydrogen (secondary N) is 3. The first-order valence-electron chi connectivity index (χ1n) is 8.42. The Bertz CT molecular complexity index is 799. The Balaban J connectivity index is 1.70.